The molecule has 3 aromatic heterocycles. The molecule has 0 bridgehead atoms. The van der Waals surface area contributed by atoms with E-state index in [1.807, 2.05) is 35.8 Å². The molecule has 1 aromatic carbocycles. The van der Waals surface area contributed by atoms with Crippen LogP contribution in [0.1, 0.15) is 12.6 Å². The van der Waals surface area contributed by atoms with Gasteiger partial charge in [0, 0.05) is 18.9 Å². The van der Waals surface area contributed by atoms with E-state index in [1.54, 1.807) is 17.7 Å². The zero-order chi connectivity index (χ0) is 20.2. The summed E-state index contributed by atoms with van der Waals surface area (Å²) in [7, 11) is 3.12. The van der Waals surface area contributed by atoms with E-state index in [9.17, 15) is 14.4 Å². The maximum Gasteiger partial charge on any atom is 0.332 e. The van der Waals surface area contributed by atoms with Crippen molar-refractivity contribution in [2.75, 3.05) is 7.11 Å². The lowest BCUT2D eigenvalue weighted by Gasteiger charge is -2.10. The third kappa shape index (κ3) is 2.39. The van der Waals surface area contributed by atoms with E-state index in [2.05, 4.69) is 4.98 Å². The van der Waals surface area contributed by atoms with Gasteiger partial charge in [-0.15, -0.1) is 0 Å². The van der Waals surface area contributed by atoms with E-state index in [-0.39, 0.29) is 23.5 Å². The third-order valence-electron chi connectivity index (χ3n) is 4.73. The van der Waals surface area contributed by atoms with Crippen LogP contribution >= 0.6 is 0 Å². The lowest BCUT2D eigenvalue weighted by Crippen LogP contribution is -2.40. The fourth-order valence-electron chi connectivity index (χ4n) is 3.48. The number of hydrogen-bond acceptors (Lipinski definition) is 5. The monoisotopic (exact) mass is 381 g/mol. The number of carbonyl (C=O) groups is 1. The van der Waals surface area contributed by atoms with Gasteiger partial charge in [-0.3, -0.25) is 27.7 Å². The molecule has 0 amide bonds. The Bertz CT molecular complexity index is 1370. The maximum atomic E-state index is 13.0. The summed E-state index contributed by atoms with van der Waals surface area (Å²) >= 11 is 0. The Morgan fingerprint density at radius 2 is 1.93 bits per heavy atom. The summed E-state index contributed by atoms with van der Waals surface area (Å²) in [6, 6.07) is 7.47. The number of methoxy groups -OCH3 is 1. The van der Waals surface area contributed by atoms with Crippen LogP contribution in [0.15, 0.2) is 40.1 Å². The summed E-state index contributed by atoms with van der Waals surface area (Å²) in [4.78, 5) is 41.6. The fraction of sp³-hybridized carbons (Fsp3) is 0.263. The van der Waals surface area contributed by atoms with Crippen LogP contribution in [0.3, 0.4) is 0 Å². The van der Waals surface area contributed by atoms with Crippen molar-refractivity contribution in [3.63, 3.8) is 0 Å². The molecule has 0 atom stereocenters. The Hall–Kier alpha value is -3.62. The van der Waals surface area contributed by atoms with E-state index in [0.717, 1.165) is 15.9 Å². The molecule has 0 saturated carbocycles. The summed E-state index contributed by atoms with van der Waals surface area (Å²) in [5.41, 5.74) is 0.984. The second-order valence-electron chi connectivity index (χ2n) is 6.67. The molecule has 0 aliphatic carbocycles. The predicted molar refractivity (Wildman–Crippen MR) is 103 cm³/mol. The van der Waals surface area contributed by atoms with Gasteiger partial charge in [-0.25, -0.2) is 4.79 Å². The van der Waals surface area contributed by atoms with Crippen molar-refractivity contribution in [1.29, 1.82) is 0 Å². The van der Waals surface area contributed by atoms with Gasteiger partial charge in [-0.1, -0.05) is 12.1 Å². The lowest BCUT2D eigenvalue weighted by atomic mass is 10.3. The zero-order valence-corrected chi connectivity index (χ0v) is 16.0. The van der Waals surface area contributed by atoms with Crippen LogP contribution in [0, 0.1) is 6.92 Å². The smallest absolute Gasteiger partial charge is 0.332 e. The average Bonchev–Trinajstić information content (AvgIpc) is 3.17. The minimum atomic E-state index is -0.575. The molecule has 0 spiro atoms. The number of aryl methyl sites for hydroxylation is 2. The predicted octanol–water partition coefficient (Wildman–Crippen LogP) is 1.04. The Balaban J connectivity index is 2.14. The Kier molecular flexibility index (Phi) is 3.95. The van der Waals surface area contributed by atoms with Gasteiger partial charge in [0.1, 0.15) is 11.5 Å². The van der Waals surface area contributed by atoms with Gasteiger partial charge in [-0.2, -0.15) is 4.98 Å². The summed E-state index contributed by atoms with van der Waals surface area (Å²) < 4.78 is 11.2. The van der Waals surface area contributed by atoms with Crippen LogP contribution in [0.2, 0.25) is 0 Å². The van der Waals surface area contributed by atoms with Crippen LogP contribution in [-0.2, 0) is 18.4 Å². The molecule has 0 N–H and O–H groups in total. The molecule has 9 nitrogen and oxygen atoms in total. The van der Waals surface area contributed by atoms with Crippen LogP contribution in [0.4, 0.5) is 0 Å². The molecule has 28 heavy (non-hydrogen) atoms. The number of Topliss-reactive ketones (excluding diaryl/α,β-unsaturated/α-hetero) is 1. The highest BCUT2D eigenvalue weighted by atomic mass is 16.5. The lowest BCUT2D eigenvalue weighted by molar-refractivity contribution is -0.117. The molecule has 4 aromatic rings. The molecule has 0 fully saturated rings. The summed E-state index contributed by atoms with van der Waals surface area (Å²) in [5.74, 6) is 0.852. The molecular formula is C19H19N5O4. The average molecular weight is 381 g/mol. The molecule has 144 valence electrons. The largest absolute Gasteiger partial charge is 0.495 e. The van der Waals surface area contributed by atoms with Crippen molar-refractivity contribution in [3.05, 3.63) is 57.0 Å². The van der Waals surface area contributed by atoms with E-state index in [4.69, 9.17) is 4.74 Å². The van der Waals surface area contributed by atoms with Crippen molar-refractivity contribution in [3.8, 4) is 11.4 Å². The van der Waals surface area contributed by atoms with Crippen molar-refractivity contribution in [2.24, 2.45) is 7.05 Å². The van der Waals surface area contributed by atoms with Crippen molar-refractivity contribution < 1.29 is 9.53 Å². The highest BCUT2D eigenvalue weighted by molar-refractivity contribution is 5.78. The zero-order valence-electron chi connectivity index (χ0n) is 16.0. The number of nitrogens with zero attached hydrogens (tertiary/aromatic N) is 5. The second kappa shape index (κ2) is 6.22. The molecule has 0 unspecified atom stereocenters. The summed E-state index contributed by atoms with van der Waals surface area (Å²) in [6.07, 6.45) is 1.78. The molecule has 3 heterocycles. The van der Waals surface area contributed by atoms with E-state index in [1.165, 1.54) is 18.5 Å². The first kappa shape index (κ1) is 17.8. The minimum absolute atomic E-state index is 0.245. The SMILES string of the molecule is COc1ccccc1-n1c(C)cn2c3c(=O)n(CC(C)=O)c(=O)n(C)c3nc12. The van der Waals surface area contributed by atoms with Gasteiger partial charge < -0.3 is 4.74 Å². The Labute approximate surface area is 159 Å². The second-order valence-corrected chi connectivity index (χ2v) is 6.67. The van der Waals surface area contributed by atoms with Gasteiger partial charge in [0.2, 0.25) is 5.78 Å². The number of ether oxygens (including phenoxy) is 1. The highest BCUT2D eigenvalue weighted by Gasteiger charge is 2.22. The number of para-hydroxylation sites is 2. The number of fused-ring (bicyclic) bond motifs is 3. The van der Waals surface area contributed by atoms with E-state index in [0.29, 0.717) is 11.5 Å². The fourth-order valence-corrected chi connectivity index (χ4v) is 3.48. The maximum absolute atomic E-state index is 13.0. The molecule has 0 aliphatic rings. The first-order valence-electron chi connectivity index (χ1n) is 8.68. The Morgan fingerprint density at radius 1 is 1.21 bits per heavy atom. The number of ketones is 1. The van der Waals surface area contributed by atoms with Crippen molar-refractivity contribution >= 4 is 22.7 Å². The molecule has 0 saturated heterocycles. The van der Waals surface area contributed by atoms with Crippen LogP contribution < -0.4 is 16.0 Å². The van der Waals surface area contributed by atoms with Gasteiger partial charge >= 0.3 is 5.69 Å². The number of benzene rings is 1. The number of aromatic nitrogens is 5. The molecule has 9 heteroatoms. The van der Waals surface area contributed by atoms with Gasteiger partial charge in [0.25, 0.3) is 5.56 Å². The first-order chi connectivity index (χ1) is 13.3. The summed E-state index contributed by atoms with van der Waals surface area (Å²) in [5, 5.41) is 0. The number of hydrogen-bond donors (Lipinski definition) is 0. The quantitative estimate of drug-likeness (QED) is 0.527. The minimum Gasteiger partial charge on any atom is -0.495 e. The standard InChI is InChI=1S/C19H19N5O4/c1-11-9-22-15-16(21(3)19(27)23(17(15)26)10-12(2)25)20-18(22)24(11)13-7-5-6-8-14(13)28-4/h5-9H,10H2,1-4H3. The summed E-state index contributed by atoms with van der Waals surface area (Å²) in [6.45, 7) is 2.95. The highest BCUT2D eigenvalue weighted by Crippen LogP contribution is 2.27. The normalized spacial score (nSPS) is 11.4. The topological polar surface area (TPSA) is 92.5 Å². The van der Waals surface area contributed by atoms with E-state index >= 15 is 0 Å². The van der Waals surface area contributed by atoms with Gasteiger partial charge in [0.05, 0.1) is 19.3 Å². The van der Waals surface area contributed by atoms with Gasteiger partial charge in [-0.05, 0) is 26.0 Å². The molecule has 0 aliphatic heterocycles. The van der Waals surface area contributed by atoms with Crippen LogP contribution in [0.5, 0.6) is 5.75 Å². The van der Waals surface area contributed by atoms with E-state index < -0.39 is 11.2 Å². The Morgan fingerprint density at radius 3 is 2.61 bits per heavy atom. The third-order valence-corrected chi connectivity index (χ3v) is 4.73. The number of carbonyl (C=O) groups excluding carboxylic acids is 1. The van der Waals surface area contributed by atoms with Crippen molar-refractivity contribution in [2.45, 2.75) is 20.4 Å². The first-order valence-corrected chi connectivity index (χ1v) is 8.68. The van der Waals surface area contributed by atoms with Crippen LogP contribution in [0.25, 0.3) is 22.6 Å². The molecule has 0 radical (unpaired) electrons. The molecular weight excluding hydrogens is 362 g/mol. The number of rotatable bonds is 4. The van der Waals surface area contributed by atoms with Crippen LogP contribution in [-0.4, -0.2) is 36.0 Å². The molecule has 4 rings (SSSR count). The van der Waals surface area contributed by atoms with Gasteiger partial charge in [0.15, 0.2) is 11.2 Å². The van der Waals surface area contributed by atoms with Crippen molar-refractivity contribution in [1.82, 2.24) is 23.1 Å². The number of imidazole rings is 2.